The molecular weight excluding hydrogens is 269 g/mol. The first-order valence-corrected chi connectivity index (χ1v) is 5.20. The normalized spacial score (nSPS) is 10.4. The van der Waals surface area contributed by atoms with Crippen LogP contribution < -0.4 is 0 Å². The van der Waals surface area contributed by atoms with Gasteiger partial charge < -0.3 is 4.74 Å². The van der Waals surface area contributed by atoms with Gasteiger partial charge in [-0.3, -0.25) is 0 Å². The summed E-state index contributed by atoms with van der Waals surface area (Å²) in [4.78, 5) is 15.3. The molecule has 3 nitrogen and oxygen atoms in total. The lowest BCUT2D eigenvalue weighted by Gasteiger charge is -2.08. The van der Waals surface area contributed by atoms with E-state index in [1.165, 1.54) is 12.3 Å². The number of hydrogen-bond acceptors (Lipinski definition) is 3. The first kappa shape index (κ1) is 11.5. The van der Waals surface area contributed by atoms with Crippen molar-refractivity contribution in [3.63, 3.8) is 0 Å². The van der Waals surface area contributed by atoms with Gasteiger partial charge in [0, 0.05) is 6.20 Å². The van der Waals surface area contributed by atoms with Crippen LogP contribution in [0.1, 0.15) is 24.2 Å². The largest absolute Gasteiger partial charge is 0.459 e. The molecule has 0 N–H and O–H groups in total. The van der Waals surface area contributed by atoms with Crippen LogP contribution in [-0.4, -0.2) is 17.1 Å². The number of halogens is 2. The predicted molar refractivity (Wildman–Crippen MR) is 57.5 cm³/mol. The van der Waals surface area contributed by atoms with Gasteiger partial charge in [-0.2, -0.15) is 0 Å². The fraction of sp³-hybridized carbons (Fsp3) is 0.333. The number of nitrogens with zero attached hydrogens (tertiary/aromatic N) is 1. The number of esters is 1. The molecule has 76 valence electrons. The van der Waals surface area contributed by atoms with Gasteiger partial charge in [-0.15, -0.1) is 0 Å². The molecule has 0 aromatic carbocycles. The highest BCUT2D eigenvalue weighted by Crippen LogP contribution is 2.19. The van der Waals surface area contributed by atoms with E-state index >= 15 is 0 Å². The molecule has 0 spiro atoms. The molecule has 0 unspecified atom stereocenters. The van der Waals surface area contributed by atoms with Crippen molar-refractivity contribution in [3.05, 3.63) is 27.5 Å². The maximum atomic E-state index is 11.5. The fourth-order valence-corrected chi connectivity index (χ4v) is 1.38. The summed E-state index contributed by atoms with van der Waals surface area (Å²) in [6, 6.07) is 1.47. The smallest absolute Gasteiger partial charge is 0.339 e. The van der Waals surface area contributed by atoms with Gasteiger partial charge in [0.05, 0.1) is 16.1 Å². The van der Waals surface area contributed by atoms with Gasteiger partial charge in [-0.1, -0.05) is 11.6 Å². The van der Waals surface area contributed by atoms with Crippen molar-refractivity contribution in [2.45, 2.75) is 20.0 Å². The van der Waals surface area contributed by atoms with Crippen LogP contribution in [-0.2, 0) is 4.74 Å². The SMILES string of the molecule is CC(C)OC(=O)c1cc(Cl)ncc1Br. The van der Waals surface area contributed by atoms with Crippen LogP contribution in [0.2, 0.25) is 5.15 Å². The summed E-state index contributed by atoms with van der Waals surface area (Å²) >= 11 is 8.86. The van der Waals surface area contributed by atoms with E-state index in [2.05, 4.69) is 20.9 Å². The van der Waals surface area contributed by atoms with Crippen LogP contribution in [0.15, 0.2) is 16.7 Å². The maximum absolute atomic E-state index is 11.5. The quantitative estimate of drug-likeness (QED) is 0.616. The molecule has 0 aliphatic carbocycles. The van der Waals surface area contributed by atoms with Crippen LogP contribution >= 0.6 is 27.5 Å². The van der Waals surface area contributed by atoms with E-state index in [1.807, 2.05) is 0 Å². The summed E-state index contributed by atoms with van der Waals surface area (Å²) in [5, 5.41) is 0.268. The van der Waals surface area contributed by atoms with Gasteiger partial charge in [0.1, 0.15) is 5.15 Å². The predicted octanol–water partition coefficient (Wildman–Crippen LogP) is 3.06. The molecule has 0 saturated heterocycles. The molecule has 0 saturated carbocycles. The molecule has 0 radical (unpaired) electrons. The second-order valence-electron chi connectivity index (χ2n) is 2.94. The molecule has 1 heterocycles. The number of aromatic nitrogens is 1. The molecule has 1 aromatic heterocycles. The number of carbonyl (C=O) groups excluding carboxylic acids is 1. The van der Waals surface area contributed by atoms with Crippen molar-refractivity contribution in [3.8, 4) is 0 Å². The molecule has 0 aliphatic rings. The Morgan fingerprint density at radius 1 is 1.64 bits per heavy atom. The Hall–Kier alpha value is -0.610. The van der Waals surface area contributed by atoms with Crippen LogP contribution in [0, 0.1) is 0 Å². The molecule has 0 fully saturated rings. The number of ether oxygens (including phenoxy) is 1. The van der Waals surface area contributed by atoms with Crippen molar-refractivity contribution in [1.82, 2.24) is 4.98 Å². The minimum atomic E-state index is -0.406. The minimum absolute atomic E-state index is 0.152. The highest BCUT2D eigenvalue weighted by atomic mass is 79.9. The van der Waals surface area contributed by atoms with E-state index in [1.54, 1.807) is 13.8 Å². The summed E-state index contributed by atoms with van der Waals surface area (Å²) < 4.78 is 5.59. The minimum Gasteiger partial charge on any atom is -0.459 e. The summed E-state index contributed by atoms with van der Waals surface area (Å²) in [5.74, 6) is -0.406. The number of rotatable bonds is 2. The molecule has 5 heteroatoms. The highest BCUT2D eigenvalue weighted by molar-refractivity contribution is 9.10. The maximum Gasteiger partial charge on any atom is 0.339 e. The molecule has 14 heavy (non-hydrogen) atoms. The number of pyridine rings is 1. The van der Waals surface area contributed by atoms with E-state index in [9.17, 15) is 4.79 Å². The molecule has 1 rings (SSSR count). The Morgan fingerprint density at radius 3 is 2.86 bits per heavy atom. The fourth-order valence-electron chi connectivity index (χ4n) is 0.847. The van der Waals surface area contributed by atoms with Crippen molar-refractivity contribution in [2.24, 2.45) is 0 Å². The van der Waals surface area contributed by atoms with Crippen LogP contribution in [0.25, 0.3) is 0 Å². The zero-order valence-corrected chi connectivity index (χ0v) is 10.1. The number of hydrogen-bond donors (Lipinski definition) is 0. The van der Waals surface area contributed by atoms with Gasteiger partial charge in [0.15, 0.2) is 0 Å². The molecule has 1 aromatic rings. The first-order valence-electron chi connectivity index (χ1n) is 4.02. The summed E-state index contributed by atoms with van der Waals surface area (Å²) in [5.41, 5.74) is 0.388. The zero-order chi connectivity index (χ0) is 10.7. The Kier molecular flexibility index (Phi) is 3.89. The van der Waals surface area contributed by atoms with Crippen molar-refractivity contribution >= 4 is 33.5 Å². The second kappa shape index (κ2) is 4.75. The highest BCUT2D eigenvalue weighted by Gasteiger charge is 2.13. The van der Waals surface area contributed by atoms with Crippen molar-refractivity contribution < 1.29 is 9.53 Å². The lowest BCUT2D eigenvalue weighted by Crippen LogP contribution is -2.12. The standard InChI is InChI=1S/C9H9BrClNO2/c1-5(2)14-9(13)6-3-8(11)12-4-7(6)10/h3-5H,1-2H3. The third-order valence-corrected chi connectivity index (χ3v) is 2.22. The Bertz CT molecular complexity index is 355. The number of carbonyl (C=O) groups is 1. The van der Waals surface area contributed by atoms with Crippen LogP contribution in [0.5, 0.6) is 0 Å². The van der Waals surface area contributed by atoms with Gasteiger partial charge in [-0.25, -0.2) is 9.78 Å². The Balaban J connectivity index is 2.94. The third-order valence-electron chi connectivity index (χ3n) is 1.38. The van der Waals surface area contributed by atoms with E-state index < -0.39 is 5.97 Å². The van der Waals surface area contributed by atoms with Crippen molar-refractivity contribution in [2.75, 3.05) is 0 Å². The lowest BCUT2D eigenvalue weighted by molar-refractivity contribution is 0.0376. The molecule has 0 bridgehead atoms. The summed E-state index contributed by atoms with van der Waals surface area (Å²) in [7, 11) is 0. The average molecular weight is 279 g/mol. The lowest BCUT2D eigenvalue weighted by atomic mass is 10.3. The second-order valence-corrected chi connectivity index (χ2v) is 4.18. The molecule has 0 atom stereocenters. The third kappa shape index (κ3) is 2.96. The first-order chi connectivity index (χ1) is 6.50. The van der Waals surface area contributed by atoms with Crippen LogP contribution in [0.4, 0.5) is 0 Å². The molecule has 0 aliphatic heterocycles. The topological polar surface area (TPSA) is 39.2 Å². The summed E-state index contributed by atoms with van der Waals surface area (Å²) in [6.45, 7) is 3.57. The van der Waals surface area contributed by atoms with Gasteiger partial charge in [-0.05, 0) is 35.8 Å². The zero-order valence-electron chi connectivity index (χ0n) is 7.75. The van der Waals surface area contributed by atoms with Gasteiger partial charge >= 0.3 is 5.97 Å². The van der Waals surface area contributed by atoms with E-state index in [-0.39, 0.29) is 11.3 Å². The average Bonchev–Trinajstić information content (AvgIpc) is 2.08. The van der Waals surface area contributed by atoms with Gasteiger partial charge in [0.25, 0.3) is 0 Å². The Morgan fingerprint density at radius 2 is 2.29 bits per heavy atom. The van der Waals surface area contributed by atoms with Crippen molar-refractivity contribution in [1.29, 1.82) is 0 Å². The molecular formula is C9H9BrClNO2. The van der Waals surface area contributed by atoms with Crippen LogP contribution in [0.3, 0.4) is 0 Å². The van der Waals surface area contributed by atoms with E-state index in [0.29, 0.717) is 10.0 Å². The monoisotopic (exact) mass is 277 g/mol. The summed E-state index contributed by atoms with van der Waals surface area (Å²) in [6.07, 6.45) is 1.32. The molecule has 0 amide bonds. The Labute approximate surface area is 95.6 Å². The van der Waals surface area contributed by atoms with Gasteiger partial charge in [0.2, 0.25) is 0 Å². The van der Waals surface area contributed by atoms with E-state index in [4.69, 9.17) is 16.3 Å². The van der Waals surface area contributed by atoms with E-state index in [0.717, 1.165) is 0 Å².